The van der Waals surface area contributed by atoms with Crippen LogP contribution in [0.15, 0.2) is 18.2 Å². The lowest BCUT2D eigenvalue weighted by molar-refractivity contribution is -0.120. The van der Waals surface area contributed by atoms with Crippen molar-refractivity contribution in [3.05, 3.63) is 29.3 Å². The zero-order valence-electron chi connectivity index (χ0n) is 13.2. The van der Waals surface area contributed by atoms with Gasteiger partial charge in [-0.25, -0.2) is 0 Å². The lowest BCUT2D eigenvalue weighted by Crippen LogP contribution is -2.23. The smallest absolute Gasteiger partial charge is 0.227 e. The summed E-state index contributed by atoms with van der Waals surface area (Å²) in [4.78, 5) is 12.3. The van der Waals surface area contributed by atoms with E-state index in [1.165, 1.54) is 0 Å². The number of rotatable bonds is 6. The summed E-state index contributed by atoms with van der Waals surface area (Å²) >= 11 is 0. The number of carbonyl (C=O) groups is 1. The summed E-state index contributed by atoms with van der Waals surface area (Å²) in [6.07, 6.45) is 3.90. The van der Waals surface area contributed by atoms with Crippen LogP contribution in [0.3, 0.4) is 0 Å². The number of carbonyl (C=O) groups excluding carboxylic acids is 1. The van der Waals surface area contributed by atoms with Crippen LogP contribution in [0.4, 0.5) is 5.69 Å². The number of aliphatic hydroxyl groups is 1. The monoisotopic (exact) mass is 287 g/mol. The van der Waals surface area contributed by atoms with E-state index in [-0.39, 0.29) is 18.4 Å². The van der Waals surface area contributed by atoms with Crippen molar-refractivity contribution in [2.75, 3.05) is 11.9 Å². The van der Waals surface area contributed by atoms with Gasteiger partial charge in [-0.2, -0.15) is 0 Å². The Labute approximate surface area is 127 Å². The Morgan fingerprint density at radius 1 is 1.29 bits per heavy atom. The molecule has 1 amide bonds. The number of aliphatic hydroxyl groups excluding tert-OH is 1. The summed E-state index contributed by atoms with van der Waals surface area (Å²) in [6, 6.07) is 5.66. The molecule has 0 aliphatic heterocycles. The molecule has 0 heterocycles. The highest BCUT2D eigenvalue weighted by Gasteiger charge is 2.17. The molecule has 114 valence electrons. The van der Waals surface area contributed by atoms with Crippen molar-refractivity contribution < 1.29 is 9.90 Å². The first-order valence-electron chi connectivity index (χ1n) is 7.63. The van der Waals surface area contributed by atoms with E-state index in [4.69, 9.17) is 5.11 Å². The van der Waals surface area contributed by atoms with Crippen molar-refractivity contribution >= 4 is 11.6 Å². The quantitative estimate of drug-likeness (QED) is 0.787. The zero-order valence-corrected chi connectivity index (χ0v) is 13.2. The molecule has 3 heteroatoms. The molecule has 1 rings (SSSR count). The van der Waals surface area contributed by atoms with Crippen molar-refractivity contribution in [2.45, 2.75) is 46.5 Å². The molecule has 0 spiro atoms. The Kier molecular flexibility index (Phi) is 7.56. The Bertz CT molecular complexity index is 520. The van der Waals surface area contributed by atoms with E-state index in [2.05, 4.69) is 31.0 Å². The highest BCUT2D eigenvalue weighted by atomic mass is 16.2. The first kappa shape index (κ1) is 17.3. The Balaban J connectivity index is 2.79. The number of anilines is 1. The Morgan fingerprint density at radius 2 is 1.95 bits per heavy atom. The molecule has 2 N–H and O–H groups in total. The number of hydrogen-bond donors (Lipinski definition) is 2. The van der Waals surface area contributed by atoms with Crippen molar-refractivity contribution in [1.29, 1.82) is 0 Å². The molecule has 1 aromatic carbocycles. The van der Waals surface area contributed by atoms with Gasteiger partial charge in [0.15, 0.2) is 0 Å². The van der Waals surface area contributed by atoms with Crippen LogP contribution in [0.1, 0.15) is 50.7 Å². The minimum Gasteiger partial charge on any atom is -0.384 e. The lowest BCUT2D eigenvalue weighted by atomic mass is 9.97. The Hall–Kier alpha value is -1.79. The van der Waals surface area contributed by atoms with E-state index in [0.717, 1.165) is 42.5 Å². The summed E-state index contributed by atoms with van der Waals surface area (Å²) in [5, 5.41) is 11.7. The number of hydrogen-bond acceptors (Lipinski definition) is 2. The second-order valence-corrected chi connectivity index (χ2v) is 5.25. The van der Waals surface area contributed by atoms with Crippen molar-refractivity contribution in [3.8, 4) is 11.8 Å². The fraction of sp³-hybridized carbons (Fsp3) is 0.500. The third-order valence-electron chi connectivity index (χ3n) is 3.44. The van der Waals surface area contributed by atoms with Crippen molar-refractivity contribution in [3.63, 3.8) is 0 Å². The maximum absolute atomic E-state index is 12.3. The predicted molar refractivity (Wildman–Crippen MR) is 87.1 cm³/mol. The third-order valence-corrected chi connectivity index (χ3v) is 3.44. The van der Waals surface area contributed by atoms with Crippen LogP contribution in [0.2, 0.25) is 0 Å². The largest absolute Gasteiger partial charge is 0.384 e. The molecule has 0 aliphatic carbocycles. The van der Waals surface area contributed by atoms with Gasteiger partial charge in [0.25, 0.3) is 0 Å². The van der Waals surface area contributed by atoms with Crippen LogP contribution >= 0.6 is 0 Å². The summed E-state index contributed by atoms with van der Waals surface area (Å²) < 4.78 is 0. The van der Waals surface area contributed by atoms with E-state index < -0.39 is 0 Å². The van der Waals surface area contributed by atoms with Gasteiger partial charge in [-0.1, -0.05) is 38.5 Å². The average Bonchev–Trinajstić information content (AvgIpc) is 2.47. The number of aryl methyl sites for hydroxylation is 1. The first-order valence-corrected chi connectivity index (χ1v) is 7.63. The van der Waals surface area contributed by atoms with Crippen LogP contribution in [0.5, 0.6) is 0 Å². The normalized spacial score (nSPS) is 10.1. The van der Waals surface area contributed by atoms with Gasteiger partial charge < -0.3 is 10.4 Å². The van der Waals surface area contributed by atoms with Gasteiger partial charge in [0.1, 0.15) is 6.61 Å². The highest BCUT2D eigenvalue weighted by Crippen LogP contribution is 2.20. The molecule has 0 aliphatic rings. The van der Waals surface area contributed by atoms with Crippen molar-refractivity contribution in [2.24, 2.45) is 5.92 Å². The van der Waals surface area contributed by atoms with E-state index in [1.807, 2.05) is 25.1 Å². The molecule has 0 atom stereocenters. The maximum Gasteiger partial charge on any atom is 0.227 e. The second-order valence-electron chi connectivity index (χ2n) is 5.25. The molecule has 0 bridgehead atoms. The molecular formula is C18H25NO2. The Morgan fingerprint density at radius 3 is 2.48 bits per heavy atom. The molecule has 0 saturated carbocycles. The van der Waals surface area contributed by atoms with Crippen LogP contribution in [-0.2, 0) is 4.79 Å². The average molecular weight is 287 g/mol. The van der Waals surface area contributed by atoms with Gasteiger partial charge in [-0.3, -0.25) is 4.79 Å². The topological polar surface area (TPSA) is 49.3 Å². The van der Waals surface area contributed by atoms with E-state index in [1.54, 1.807) is 0 Å². The summed E-state index contributed by atoms with van der Waals surface area (Å²) in [6.45, 7) is 6.02. The standard InChI is InChI=1S/C18H25NO2/c1-4-7-16(8-5-2)18(21)19-17-11-10-15(9-6-12-20)13-14(17)3/h10-11,13,16,20H,4-5,7-8,12H2,1-3H3,(H,19,21). The molecule has 0 radical (unpaired) electrons. The number of benzene rings is 1. The molecule has 3 nitrogen and oxygen atoms in total. The first-order chi connectivity index (χ1) is 10.1. The van der Waals surface area contributed by atoms with E-state index in [9.17, 15) is 4.79 Å². The minimum absolute atomic E-state index is 0.0910. The summed E-state index contributed by atoms with van der Waals surface area (Å²) in [7, 11) is 0. The zero-order chi connectivity index (χ0) is 15.7. The van der Waals surface area contributed by atoms with Crippen LogP contribution in [-0.4, -0.2) is 17.6 Å². The molecule has 0 aromatic heterocycles. The van der Waals surface area contributed by atoms with Gasteiger partial charge in [0, 0.05) is 17.2 Å². The second kappa shape index (κ2) is 9.20. The SMILES string of the molecule is CCCC(CCC)C(=O)Nc1ccc(C#CCO)cc1C. The van der Waals surface area contributed by atoms with E-state index >= 15 is 0 Å². The lowest BCUT2D eigenvalue weighted by Gasteiger charge is -2.16. The van der Waals surface area contributed by atoms with Crippen LogP contribution in [0.25, 0.3) is 0 Å². The molecule has 21 heavy (non-hydrogen) atoms. The summed E-state index contributed by atoms with van der Waals surface area (Å²) in [5.74, 6) is 5.69. The fourth-order valence-corrected chi connectivity index (χ4v) is 2.36. The van der Waals surface area contributed by atoms with Crippen LogP contribution < -0.4 is 5.32 Å². The number of amides is 1. The molecule has 1 aromatic rings. The molecular weight excluding hydrogens is 262 g/mol. The third kappa shape index (κ3) is 5.61. The fourth-order valence-electron chi connectivity index (χ4n) is 2.36. The van der Waals surface area contributed by atoms with Gasteiger partial charge >= 0.3 is 0 Å². The van der Waals surface area contributed by atoms with Gasteiger partial charge in [0.2, 0.25) is 5.91 Å². The molecule has 0 saturated heterocycles. The molecule has 0 fully saturated rings. The van der Waals surface area contributed by atoms with Crippen LogP contribution in [0, 0.1) is 24.7 Å². The van der Waals surface area contributed by atoms with Gasteiger partial charge in [-0.05, 0) is 43.5 Å². The van der Waals surface area contributed by atoms with Gasteiger partial charge in [0.05, 0.1) is 0 Å². The van der Waals surface area contributed by atoms with Gasteiger partial charge in [-0.15, -0.1) is 0 Å². The highest BCUT2D eigenvalue weighted by molar-refractivity contribution is 5.93. The van der Waals surface area contributed by atoms with Crippen molar-refractivity contribution in [1.82, 2.24) is 0 Å². The number of nitrogens with one attached hydrogen (secondary N) is 1. The molecule has 0 unspecified atom stereocenters. The predicted octanol–water partition coefficient (Wildman–Crippen LogP) is 3.49. The summed E-state index contributed by atoms with van der Waals surface area (Å²) in [5.41, 5.74) is 2.67. The van der Waals surface area contributed by atoms with E-state index in [0.29, 0.717) is 0 Å². The minimum atomic E-state index is -0.146. The maximum atomic E-state index is 12.3.